The first-order valence-corrected chi connectivity index (χ1v) is 5.50. The molecule has 0 unspecified atom stereocenters. The quantitative estimate of drug-likeness (QED) is 0.753. The molecule has 0 radical (unpaired) electrons. The Balaban J connectivity index is 3.09. The van der Waals surface area contributed by atoms with E-state index < -0.39 is 11.8 Å². The highest BCUT2D eigenvalue weighted by Crippen LogP contribution is 2.19. The van der Waals surface area contributed by atoms with Crippen LogP contribution in [0.25, 0.3) is 0 Å². The van der Waals surface area contributed by atoms with Gasteiger partial charge in [0.05, 0.1) is 24.7 Å². The molecule has 0 heterocycles. The summed E-state index contributed by atoms with van der Waals surface area (Å²) in [4.78, 5) is 11.3. The van der Waals surface area contributed by atoms with Crippen molar-refractivity contribution >= 4 is 5.97 Å². The van der Waals surface area contributed by atoms with E-state index in [4.69, 9.17) is 10.00 Å². The van der Waals surface area contributed by atoms with Gasteiger partial charge >= 0.3 is 5.97 Å². The fraction of sp³-hybridized carbons (Fsp3) is 0.385. The maximum atomic E-state index is 13.4. The van der Waals surface area contributed by atoms with E-state index in [1.54, 1.807) is 13.8 Å². The zero-order valence-corrected chi connectivity index (χ0v) is 9.92. The van der Waals surface area contributed by atoms with Gasteiger partial charge in [0.2, 0.25) is 0 Å². The number of rotatable bonds is 4. The van der Waals surface area contributed by atoms with Crippen LogP contribution in [0.1, 0.15) is 30.5 Å². The maximum Gasteiger partial charge on any atom is 0.310 e. The number of halogens is 1. The van der Waals surface area contributed by atoms with Crippen LogP contribution in [0, 0.1) is 17.1 Å². The normalized spacial score (nSPS) is 9.76. The zero-order chi connectivity index (χ0) is 12.8. The Labute approximate surface area is 99.8 Å². The number of hydrogen-bond acceptors (Lipinski definition) is 3. The van der Waals surface area contributed by atoms with Crippen molar-refractivity contribution in [1.82, 2.24) is 0 Å². The van der Waals surface area contributed by atoms with Gasteiger partial charge < -0.3 is 4.74 Å². The summed E-state index contributed by atoms with van der Waals surface area (Å²) < 4.78 is 18.2. The Morgan fingerprint density at radius 3 is 2.71 bits per heavy atom. The lowest BCUT2D eigenvalue weighted by atomic mass is 9.97. The summed E-state index contributed by atoms with van der Waals surface area (Å²) in [6, 6.07) is 4.70. The Morgan fingerprint density at radius 2 is 2.18 bits per heavy atom. The number of nitrogens with zero attached hydrogens (tertiary/aromatic N) is 1. The van der Waals surface area contributed by atoms with Crippen LogP contribution in [-0.4, -0.2) is 12.6 Å². The van der Waals surface area contributed by atoms with E-state index in [0.717, 1.165) is 0 Å². The predicted molar refractivity (Wildman–Crippen MR) is 60.8 cm³/mol. The lowest BCUT2D eigenvalue weighted by Gasteiger charge is -2.08. The molecule has 0 fully saturated rings. The summed E-state index contributed by atoms with van der Waals surface area (Å²) >= 11 is 0. The fourth-order valence-corrected chi connectivity index (χ4v) is 1.67. The number of carbonyl (C=O) groups is 1. The number of nitriles is 1. The first-order chi connectivity index (χ1) is 8.13. The minimum atomic E-state index is -0.406. The smallest absolute Gasteiger partial charge is 0.310 e. The molecule has 90 valence electrons. The van der Waals surface area contributed by atoms with E-state index >= 15 is 0 Å². The third kappa shape index (κ3) is 3.04. The van der Waals surface area contributed by atoms with E-state index in [1.807, 2.05) is 6.07 Å². The summed E-state index contributed by atoms with van der Waals surface area (Å²) in [5.41, 5.74) is 1.12. The maximum absolute atomic E-state index is 13.4. The molecule has 1 aromatic carbocycles. The zero-order valence-electron chi connectivity index (χ0n) is 9.92. The number of esters is 1. The largest absolute Gasteiger partial charge is 0.466 e. The number of hydrogen-bond donors (Lipinski definition) is 0. The topological polar surface area (TPSA) is 50.1 Å². The lowest BCUT2D eigenvalue weighted by molar-refractivity contribution is -0.142. The molecule has 0 saturated carbocycles. The molecule has 0 aliphatic carbocycles. The average Bonchev–Trinajstić information content (AvgIpc) is 2.31. The summed E-state index contributed by atoms with van der Waals surface area (Å²) in [5, 5.41) is 9.03. The van der Waals surface area contributed by atoms with Crippen LogP contribution in [0.5, 0.6) is 0 Å². The van der Waals surface area contributed by atoms with Crippen LogP contribution in [0.15, 0.2) is 12.1 Å². The van der Waals surface area contributed by atoms with Crippen LogP contribution in [-0.2, 0) is 22.4 Å². The second kappa shape index (κ2) is 6.00. The van der Waals surface area contributed by atoms with Gasteiger partial charge in [0, 0.05) is 5.56 Å². The van der Waals surface area contributed by atoms with Gasteiger partial charge in [0.15, 0.2) is 0 Å². The van der Waals surface area contributed by atoms with E-state index in [1.165, 1.54) is 12.1 Å². The molecule has 0 aromatic heterocycles. The van der Waals surface area contributed by atoms with Gasteiger partial charge in [-0.1, -0.05) is 13.0 Å². The minimum Gasteiger partial charge on any atom is -0.466 e. The minimum absolute atomic E-state index is 0.00398. The highest BCUT2D eigenvalue weighted by atomic mass is 19.1. The summed E-state index contributed by atoms with van der Waals surface area (Å²) in [6.07, 6.45) is 0.426. The second-order valence-corrected chi connectivity index (χ2v) is 3.51. The average molecular weight is 235 g/mol. The third-order valence-electron chi connectivity index (χ3n) is 2.45. The molecule has 0 amide bonds. The van der Waals surface area contributed by atoms with Gasteiger partial charge in [-0.25, -0.2) is 4.39 Å². The highest BCUT2D eigenvalue weighted by Gasteiger charge is 2.14. The van der Waals surface area contributed by atoms with Crippen LogP contribution < -0.4 is 0 Å². The molecule has 0 N–H and O–H groups in total. The Bertz CT molecular complexity index is 463. The van der Waals surface area contributed by atoms with Crippen molar-refractivity contribution in [1.29, 1.82) is 5.26 Å². The number of ether oxygens (including phenoxy) is 1. The van der Waals surface area contributed by atoms with Gasteiger partial charge in [-0.3, -0.25) is 4.79 Å². The monoisotopic (exact) mass is 235 g/mol. The summed E-state index contributed by atoms with van der Waals surface area (Å²) in [5.74, 6) is -0.811. The van der Waals surface area contributed by atoms with Crippen LogP contribution in [0.3, 0.4) is 0 Å². The molecule has 3 nitrogen and oxygen atoms in total. The van der Waals surface area contributed by atoms with Crippen molar-refractivity contribution in [3.63, 3.8) is 0 Å². The van der Waals surface area contributed by atoms with Crippen molar-refractivity contribution in [3.05, 3.63) is 34.6 Å². The van der Waals surface area contributed by atoms with Crippen LogP contribution >= 0.6 is 0 Å². The molecule has 0 aliphatic heterocycles. The molecular formula is C13H14FNO2. The molecule has 0 atom stereocenters. The molecule has 17 heavy (non-hydrogen) atoms. The van der Waals surface area contributed by atoms with Crippen LogP contribution in [0.2, 0.25) is 0 Å². The van der Waals surface area contributed by atoms with Gasteiger partial charge in [0.1, 0.15) is 5.82 Å². The van der Waals surface area contributed by atoms with Gasteiger partial charge in [-0.15, -0.1) is 0 Å². The first kappa shape index (κ1) is 13.2. The first-order valence-electron chi connectivity index (χ1n) is 5.50. The molecule has 0 aliphatic rings. The molecule has 4 heteroatoms. The molecule has 1 rings (SSSR count). The van der Waals surface area contributed by atoms with Crippen molar-refractivity contribution in [3.8, 4) is 6.07 Å². The van der Waals surface area contributed by atoms with E-state index in [2.05, 4.69) is 0 Å². The Kier molecular flexibility index (Phi) is 4.65. The second-order valence-electron chi connectivity index (χ2n) is 3.51. The summed E-state index contributed by atoms with van der Waals surface area (Å²) in [7, 11) is 0. The molecule has 0 bridgehead atoms. The summed E-state index contributed by atoms with van der Waals surface area (Å²) in [6.45, 7) is 3.78. The highest BCUT2D eigenvalue weighted by molar-refractivity contribution is 5.73. The van der Waals surface area contributed by atoms with Gasteiger partial charge in [0.25, 0.3) is 0 Å². The Hall–Kier alpha value is -1.89. The van der Waals surface area contributed by atoms with Gasteiger partial charge in [-0.2, -0.15) is 5.26 Å². The predicted octanol–water partition coefficient (Wildman–Crippen LogP) is 2.37. The molecular weight excluding hydrogens is 221 g/mol. The lowest BCUT2D eigenvalue weighted by Crippen LogP contribution is -2.10. The molecule has 0 saturated heterocycles. The van der Waals surface area contributed by atoms with E-state index in [-0.39, 0.29) is 12.0 Å². The third-order valence-corrected chi connectivity index (χ3v) is 2.45. The fourth-order valence-electron chi connectivity index (χ4n) is 1.67. The molecule has 1 aromatic rings. The van der Waals surface area contributed by atoms with Crippen molar-refractivity contribution in [2.75, 3.05) is 6.61 Å². The van der Waals surface area contributed by atoms with Crippen molar-refractivity contribution in [2.24, 2.45) is 0 Å². The van der Waals surface area contributed by atoms with E-state index in [9.17, 15) is 9.18 Å². The van der Waals surface area contributed by atoms with Crippen molar-refractivity contribution < 1.29 is 13.9 Å². The van der Waals surface area contributed by atoms with Gasteiger partial charge in [-0.05, 0) is 25.0 Å². The standard InChI is InChI=1S/C13H14FNO2/c1-3-10-11(8-15)9(5-6-12(10)14)7-13(16)17-4-2/h5-6H,3-4,7H2,1-2H3. The van der Waals surface area contributed by atoms with Crippen molar-refractivity contribution in [2.45, 2.75) is 26.7 Å². The number of carbonyl (C=O) groups excluding carboxylic acids is 1. The van der Waals surface area contributed by atoms with E-state index in [0.29, 0.717) is 24.2 Å². The Morgan fingerprint density at radius 1 is 1.47 bits per heavy atom. The number of benzene rings is 1. The van der Waals surface area contributed by atoms with Crippen LogP contribution in [0.4, 0.5) is 4.39 Å². The SMILES string of the molecule is CCOC(=O)Cc1ccc(F)c(CC)c1C#N. The molecule has 0 spiro atoms.